The molecule has 3 heteroatoms. The van der Waals surface area contributed by atoms with E-state index >= 15 is 0 Å². The summed E-state index contributed by atoms with van der Waals surface area (Å²) in [5.74, 6) is 0. The van der Waals surface area contributed by atoms with Gasteiger partial charge in [-0.2, -0.15) is 9.28 Å². The van der Waals surface area contributed by atoms with Gasteiger partial charge in [-0.25, -0.2) is 0 Å². The summed E-state index contributed by atoms with van der Waals surface area (Å²) in [5.41, 5.74) is 1.88. The number of fused-ring (bicyclic) bond motifs is 1. The summed E-state index contributed by atoms with van der Waals surface area (Å²) in [6, 6.07) is 7.65. The molecule has 3 nitrogen and oxygen atoms in total. The maximum Gasteiger partial charge on any atom is 0.523 e. The summed E-state index contributed by atoms with van der Waals surface area (Å²) in [4.78, 5) is 11.4. The van der Waals surface area contributed by atoms with Crippen LogP contribution in [0.15, 0.2) is 30.5 Å². The Labute approximate surface area is 88.9 Å². The van der Waals surface area contributed by atoms with E-state index in [2.05, 4.69) is 0 Å². The van der Waals surface area contributed by atoms with Gasteiger partial charge < -0.3 is 5.11 Å². The van der Waals surface area contributed by atoms with Crippen LogP contribution in [0.25, 0.3) is 6.08 Å². The summed E-state index contributed by atoms with van der Waals surface area (Å²) in [6.07, 6.45) is 3.68. The van der Waals surface area contributed by atoms with Crippen LogP contribution in [0.5, 0.6) is 0 Å². The Balaban J connectivity index is 2.54. The van der Waals surface area contributed by atoms with E-state index in [-0.39, 0.29) is 4.48 Å². The van der Waals surface area contributed by atoms with Crippen LogP contribution in [0, 0.1) is 0 Å². The van der Waals surface area contributed by atoms with E-state index < -0.39 is 6.09 Å². The first kappa shape index (κ1) is 9.93. The van der Waals surface area contributed by atoms with Gasteiger partial charge in [0.2, 0.25) is 0 Å². The van der Waals surface area contributed by atoms with Crippen LogP contribution in [-0.4, -0.2) is 17.7 Å². The third-order valence-electron chi connectivity index (χ3n) is 2.79. The fourth-order valence-electron chi connectivity index (χ4n) is 2.09. The fraction of sp³-hybridized carbons (Fsp3) is 0.250. The number of para-hydroxylation sites is 1. The van der Waals surface area contributed by atoms with Gasteiger partial charge in [-0.15, -0.1) is 0 Å². The van der Waals surface area contributed by atoms with E-state index in [1.54, 1.807) is 6.20 Å². The number of hydrogen-bond donors (Lipinski definition) is 1. The standard InChI is InChI=1S/C12H13NO2/c1-2-8-13(12(14)15)9-7-10-5-3-4-6-11(10)13/h3-7,9H,2,8H2,1H3/p+1. The highest BCUT2D eigenvalue weighted by Crippen LogP contribution is 2.35. The molecule has 0 spiro atoms. The molecule has 0 radical (unpaired) electrons. The van der Waals surface area contributed by atoms with Gasteiger partial charge in [0.1, 0.15) is 6.20 Å². The first-order valence-corrected chi connectivity index (χ1v) is 5.11. The van der Waals surface area contributed by atoms with E-state index in [0.29, 0.717) is 6.54 Å². The monoisotopic (exact) mass is 204 g/mol. The molecule has 0 fully saturated rings. The van der Waals surface area contributed by atoms with Crippen molar-refractivity contribution < 1.29 is 9.90 Å². The number of carbonyl (C=O) groups is 1. The molecule has 0 aromatic heterocycles. The Kier molecular flexibility index (Phi) is 2.32. The van der Waals surface area contributed by atoms with Crippen LogP contribution >= 0.6 is 0 Å². The van der Waals surface area contributed by atoms with Crippen molar-refractivity contribution in [3.05, 3.63) is 36.0 Å². The van der Waals surface area contributed by atoms with Crippen molar-refractivity contribution in [1.82, 2.24) is 4.48 Å². The zero-order valence-corrected chi connectivity index (χ0v) is 8.68. The van der Waals surface area contributed by atoms with Gasteiger partial charge in [-0.1, -0.05) is 19.1 Å². The Morgan fingerprint density at radius 2 is 2.13 bits per heavy atom. The molecule has 0 aliphatic carbocycles. The number of hydrogen-bond acceptors (Lipinski definition) is 1. The van der Waals surface area contributed by atoms with Crippen molar-refractivity contribution in [2.45, 2.75) is 13.3 Å². The number of amides is 1. The van der Waals surface area contributed by atoms with E-state index in [4.69, 9.17) is 0 Å². The summed E-state index contributed by atoms with van der Waals surface area (Å²) in [7, 11) is 0. The van der Waals surface area contributed by atoms with Crippen LogP contribution < -0.4 is 4.48 Å². The normalized spacial score (nSPS) is 22.7. The number of benzene rings is 1. The van der Waals surface area contributed by atoms with Gasteiger partial charge in [0.15, 0.2) is 5.69 Å². The van der Waals surface area contributed by atoms with Gasteiger partial charge >= 0.3 is 6.09 Å². The quantitative estimate of drug-likeness (QED) is 0.752. The molecular formula is C12H14NO2+. The number of carboxylic acid groups (broad SMARTS) is 1. The van der Waals surface area contributed by atoms with Gasteiger partial charge in [0, 0.05) is 17.7 Å². The largest absolute Gasteiger partial charge is 0.523 e. The summed E-state index contributed by atoms with van der Waals surface area (Å²) in [6.45, 7) is 2.60. The van der Waals surface area contributed by atoms with Gasteiger partial charge in [-0.3, -0.25) is 0 Å². The van der Waals surface area contributed by atoms with Crippen molar-refractivity contribution >= 4 is 17.9 Å². The summed E-state index contributed by atoms with van der Waals surface area (Å²) >= 11 is 0. The molecule has 1 atom stereocenters. The number of quaternary nitrogens is 1. The molecule has 15 heavy (non-hydrogen) atoms. The number of nitrogens with zero attached hydrogens (tertiary/aromatic N) is 1. The Bertz CT molecular complexity index is 425. The van der Waals surface area contributed by atoms with Gasteiger partial charge in [0.05, 0.1) is 6.54 Å². The molecule has 0 saturated carbocycles. The highest BCUT2D eigenvalue weighted by atomic mass is 16.4. The van der Waals surface area contributed by atoms with Crippen LogP contribution in [-0.2, 0) is 0 Å². The van der Waals surface area contributed by atoms with E-state index in [9.17, 15) is 9.90 Å². The second kappa shape index (κ2) is 3.51. The highest BCUT2D eigenvalue weighted by Gasteiger charge is 2.41. The average Bonchev–Trinajstić information content (AvgIpc) is 2.60. The minimum atomic E-state index is -0.807. The minimum absolute atomic E-state index is 0.0628. The van der Waals surface area contributed by atoms with E-state index in [1.807, 2.05) is 37.3 Å². The third kappa shape index (κ3) is 1.36. The Morgan fingerprint density at radius 1 is 1.40 bits per heavy atom. The van der Waals surface area contributed by atoms with Gasteiger partial charge in [-0.05, 0) is 12.5 Å². The zero-order valence-electron chi connectivity index (χ0n) is 8.68. The molecule has 1 aromatic rings. The van der Waals surface area contributed by atoms with E-state index in [0.717, 1.165) is 17.7 Å². The van der Waals surface area contributed by atoms with Crippen molar-refractivity contribution in [1.29, 1.82) is 0 Å². The molecule has 78 valence electrons. The summed E-state index contributed by atoms with van der Waals surface area (Å²) < 4.78 is -0.0628. The van der Waals surface area contributed by atoms with Crippen LogP contribution in [0.3, 0.4) is 0 Å². The first-order chi connectivity index (χ1) is 7.20. The third-order valence-corrected chi connectivity index (χ3v) is 2.79. The highest BCUT2D eigenvalue weighted by molar-refractivity contribution is 5.90. The van der Waals surface area contributed by atoms with Crippen molar-refractivity contribution in [2.24, 2.45) is 0 Å². The fourth-order valence-corrected chi connectivity index (χ4v) is 2.09. The van der Waals surface area contributed by atoms with Crippen molar-refractivity contribution in [3.8, 4) is 0 Å². The molecule has 1 aliphatic heterocycles. The molecule has 0 saturated heterocycles. The second-order valence-electron chi connectivity index (χ2n) is 3.75. The molecule has 1 heterocycles. The predicted molar refractivity (Wildman–Crippen MR) is 60.5 cm³/mol. The maximum atomic E-state index is 11.4. The number of rotatable bonds is 2. The molecule has 1 unspecified atom stereocenters. The Hall–Kier alpha value is -1.61. The van der Waals surface area contributed by atoms with E-state index in [1.165, 1.54) is 0 Å². The lowest BCUT2D eigenvalue weighted by atomic mass is 10.2. The van der Waals surface area contributed by atoms with Crippen molar-refractivity contribution in [3.63, 3.8) is 0 Å². The first-order valence-electron chi connectivity index (χ1n) is 5.11. The van der Waals surface area contributed by atoms with Crippen molar-refractivity contribution in [2.75, 3.05) is 6.54 Å². The topological polar surface area (TPSA) is 37.3 Å². The molecule has 1 N–H and O–H groups in total. The van der Waals surface area contributed by atoms with Gasteiger partial charge in [0.25, 0.3) is 0 Å². The molecule has 2 rings (SSSR count). The Morgan fingerprint density at radius 3 is 2.80 bits per heavy atom. The van der Waals surface area contributed by atoms with Crippen LogP contribution in [0.1, 0.15) is 18.9 Å². The second-order valence-corrected chi connectivity index (χ2v) is 3.75. The molecule has 1 amide bonds. The predicted octanol–water partition coefficient (Wildman–Crippen LogP) is 3.07. The lowest BCUT2D eigenvalue weighted by Gasteiger charge is -2.25. The minimum Gasteiger partial charge on any atom is -0.435 e. The molecule has 0 bridgehead atoms. The smallest absolute Gasteiger partial charge is 0.435 e. The molecule has 1 aromatic carbocycles. The zero-order chi connectivity index (χ0) is 10.9. The lowest BCUT2D eigenvalue weighted by molar-refractivity contribution is 0.164. The average molecular weight is 204 g/mol. The maximum absolute atomic E-state index is 11.4. The summed E-state index contributed by atoms with van der Waals surface area (Å²) in [5, 5.41) is 9.36. The molecular weight excluding hydrogens is 190 g/mol. The van der Waals surface area contributed by atoms with Crippen LogP contribution in [0.4, 0.5) is 10.5 Å². The lowest BCUT2D eigenvalue weighted by Crippen LogP contribution is -2.47. The molecule has 1 aliphatic rings. The van der Waals surface area contributed by atoms with Crippen LogP contribution in [0.2, 0.25) is 0 Å². The SMILES string of the molecule is CCC[N+]1(C(=O)O)C=Cc2ccccc21.